The first-order valence-electron chi connectivity index (χ1n) is 9.74. The Morgan fingerprint density at radius 3 is 2.72 bits per heavy atom. The molecular weight excluding hydrogens is 392 g/mol. The van der Waals surface area contributed by atoms with Gasteiger partial charge in [0.2, 0.25) is 0 Å². The molecule has 2 atom stereocenters. The van der Waals surface area contributed by atoms with Crippen molar-refractivity contribution in [3.05, 3.63) is 34.9 Å². The third-order valence-electron chi connectivity index (χ3n) is 5.65. The molecule has 0 saturated carbocycles. The van der Waals surface area contributed by atoms with Crippen LogP contribution in [0.2, 0.25) is 0 Å². The molecule has 0 radical (unpaired) electrons. The van der Waals surface area contributed by atoms with Gasteiger partial charge in [0.05, 0.1) is 22.3 Å². The largest absolute Gasteiger partial charge is 0.466 e. The number of fused-ring (bicyclic) bond motifs is 1. The van der Waals surface area contributed by atoms with Gasteiger partial charge in [-0.1, -0.05) is 5.16 Å². The van der Waals surface area contributed by atoms with Gasteiger partial charge in [-0.15, -0.1) is 12.4 Å². The first-order chi connectivity index (χ1) is 13.3. The van der Waals surface area contributed by atoms with Crippen LogP contribution in [0.3, 0.4) is 0 Å². The number of piperidine rings is 1. The normalized spacial score (nSPS) is 18.0. The lowest BCUT2D eigenvalue weighted by molar-refractivity contribution is 0.0663. The zero-order chi connectivity index (χ0) is 20.0. The van der Waals surface area contributed by atoms with E-state index >= 15 is 0 Å². The molecule has 4 heterocycles. The number of carbonyl (C=O) groups excluding carboxylic acids is 1. The number of rotatable bonds is 3. The number of halogens is 1. The molecule has 3 aromatic rings. The van der Waals surface area contributed by atoms with Gasteiger partial charge >= 0.3 is 0 Å². The summed E-state index contributed by atoms with van der Waals surface area (Å²) >= 11 is 0. The van der Waals surface area contributed by atoms with Gasteiger partial charge in [0.15, 0.2) is 0 Å². The number of nitrogens with zero attached hydrogens (tertiary/aromatic N) is 3. The van der Waals surface area contributed by atoms with Crippen molar-refractivity contribution in [1.29, 1.82) is 0 Å². The van der Waals surface area contributed by atoms with Crippen LogP contribution in [0.15, 0.2) is 21.1 Å². The summed E-state index contributed by atoms with van der Waals surface area (Å²) in [5, 5.41) is 4.71. The summed E-state index contributed by atoms with van der Waals surface area (Å²) in [6.45, 7) is 9.02. The molecule has 0 aromatic carbocycles. The van der Waals surface area contributed by atoms with Gasteiger partial charge < -0.3 is 19.6 Å². The maximum Gasteiger partial charge on any atom is 0.259 e. The van der Waals surface area contributed by atoms with Crippen molar-refractivity contribution in [2.45, 2.75) is 46.6 Å². The van der Waals surface area contributed by atoms with E-state index in [-0.39, 0.29) is 24.4 Å². The van der Waals surface area contributed by atoms with E-state index in [1.165, 1.54) is 0 Å². The summed E-state index contributed by atoms with van der Waals surface area (Å²) in [5.41, 5.74) is 9.22. The molecule has 0 bridgehead atoms. The Morgan fingerprint density at radius 2 is 2.07 bits per heavy atom. The van der Waals surface area contributed by atoms with Gasteiger partial charge in [-0.05, 0) is 58.6 Å². The molecule has 1 aliphatic heterocycles. The maximum atomic E-state index is 13.5. The van der Waals surface area contributed by atoms with Crippen molar-refractivity contribution < 1.29 is 13.7 Å². The van der Waals surface area contributed by atoms with Crippen molar-refractivity contribution in [2.24, 2.45) is 11.7 Å². The number of amides is 1. The van der Waals surface area contributed by atoms with Gasteiger partial charge in [-0.2, -0.15) is 0 Å². The minimum atomic E-state index is -0.0248. The molecule has 2 N–H and O–H groups in total. The zero-order valence-corrected chi connectivity index (χ0v) is 18.0. The van der Waals surface area contributed by atoms with E-state index in [4.69, 9.17) is 14.7 Å². The predicted octanol–water partition coefficient (Wildman–Crippen LogP) is 4.03. The van der Waals surface area contributed by atoms with E-state index in [0.29, 0.717) is 40.5 Å². The van der Waals surface area contributed by atoms with Gasteiger partial charge in [0, 0.05) is 24.7 Å². The van der Waals surface area contributed by atoms with Gasteiger partial charge in [0.1, 0.15) is 11.5 Å². The highest BCUT2D eigenvalue weighted by Gasteiger charge is 2.29. The van der Waals surface area contributed by atoms with Crippen molar-refractivity contribution in [3.63, 3.8) is 0 Å². The highest BCUT2D eigenvalue weighted by Crippen LogP contribution is 2.32. The topological polar surface area (TPSA) is 98.4 Å². The number of furan rings is 1. The summed E-state index contributed by atoms with van der Waals surface area (Å²) in [7, 11) is 0. The predicted molar refractivity (Wildman–Crippen MR) is 113 cm³/mol. The average Bonchev–Trinajstić information content (AvgIpc) is 3.22. The van der Waals surface area contributed by atoms with Crippen LogP contribution in [0.4, 0.5) is 0 Å². The Labute approximate surface area is 176 Å². The van der Waals surface area contributed by atoms with Crippen molar-refractivity contribution in [3.8, 4) is 11.3 Å². The number of aryl methyl sites for hydroxylation is 3. The zero-order valence-electron chi connectivity index (χ0n) is 17.2. The third kappa shape index (κ3) is 3.89. The molecule has 7 nitrogen and oxygen atoms in total. The summed E-state index contributed by atoms with van der Waals surface area (Å²) in [6.07, 6.45) is 2.01. The second kappa shape index (κ2) is 8.16. The third-order valence-corrected chi connectivity index (χ3v) is 5.65. The Hall–Kier alpha value is -2.38. The highest BCUT2D eigenvalue weighted by atomic mass is 35.5. The number of likely N-dealkylation sites (tertiary alicyclic amines) is 1. The van der Waals surface area contributed by atoms with Crippen LogP contribution in [-0.4, -0.2) is 40.1 Å². The second-order valence-electron chi connectivity index (χ2n) is 7.84. The van der Waals surface area contributed by atoms with Gasteiger partial charge in [-0.3, -0.25) is 4.79 Å². The van der Waals surface area contributed by atoms with Gasteiger partial charge in [0.25, 0.3) is 11.6 Å². The van der Waals surface area contributed by atoms with Crippen molar-refractivity contribution in [1.82, 2.24) is 15.0 Å². The van der Waals surface area contributed by atoms with Crippen LogP contribution in [-0.2, 0) is 0 Å². The lowest BCUT2D eigenvalue weighted by Gasteiger charge is -2.34. The lowest BCUT2D eigenvalue weighted by atomic mass is 9.91. The molecule has 0 spiro atoms. The molecule has 29 heavy (non-hydrogen) atoms. The fourth-order valence-corrected chi connectivity index (χ4v) is 4.08. The van der Waals surface area contributed by atoms with E-state index in [2.05, 4.69) is 10.1 Å². The summed E-state index contributed by atoms with van der Waals surface area (Å²) < 4.78 is 11.1. The fourth-order valence-electron chi connectivity index (χ4n) is 4.08. The number of pyridine rings is 1. The van der Waals surface area contributed by atoms with E-state index in [1.807, 2.05) is 44.7 Å². The minimum Gasteiger partial charge on any atom is -0.466 e. The van der Waals surface area contributed by atoms with Crippen LogP contribution >= 0.6 is 12.4 Å². The van der Waals surface area contributed by atoms with Crippen LogP contribution in [0.1, 0.15) is 47.3 Å². The van der Waals surface area contributed by atoms with E-state index in [1.54, 1.807) is 0 Å². The monoisotopic (exact) mass is 418 g/mol. The molecule has 156 valence electrons. The van der Waals surface area contributed by atoms with E-state index in [0.717, 1.165) is 36.5 Å². The SMILES string of the molecule is Cc1cc(-c2cc(C(=O)N3CCCC(C(C)N)C3)c3c(C)noc3n2)c(C)o1.Cl. The Kier molecular flexibility index (Phi) is 6.00. The number of hydrogen-bond donors (Lipinski definition) is 1. The van der Waals surface area contributed by atoms with E-state index < -0.39 is 0 Å². The summed E-state index contributed by atoms with van der Waals surface area (Å²) in [4.78, 5) is 20.0. The molecule has 1 aliphatic rings. The van der Waals surface area contributed by atoms with Crippen molar-refractivity contribution >= 4 is 29.4 Å². The molecular formula is C21H27ClN4O3. The maximum absolute atomic E-state index is 13.5. The minimum absolute atomic E-state index is 0. The summed E-state index contributed by atoms with van der Waals surface area (Å²) in [6, 6.07) is 3.83. The highest BCUT2D eigenvalue weighted by molar-refractivity contribution is 6.07. The molecule has 0 aliphatic carbocycles. The molecule has 1 amide bonds. The van der Waals surface area contributed by atoms with Crippen LogP contribution in [0.5, 0.6) is 0 Å². The summed E-state index contributed by atoms with van der Waals surface area (Å²) in [5.74, 6) is 1.85. The Bertz CT molecular complexity index is 1040. The number of aromatic nitrogens is 2. The van der Waals surface area contributed by atoms with Gasteiger partial charge in [-0.25, -0.2) is 4.98 Å². The first kappa shape index (κ1) is 21.3. The quantitative estimate of drug-likeness (QED) is 0.689. The standard InChI is InChI=1S/C21H26N4O3.ClH/c1-11-8-16(14(4)27-11)18-9-17(19-13(3)24-28-20(19)23-18)21(26)25-7-5-6-15(10-25)12(2)22;/h8-9,12,15H,5-7,10,22H2,1-4H3;1H. The molecule has 2 unspecified atom stereocenters. The lowest BCUT2D eigenvalue weighted by Crippen LogP contribution is -2.45. The fraction of sp³-hybridized carbons (Fsp3) is 0.476. The smallest absolute Gasteiger partial charge is 0.259 e. The molecule has 1 saturated heterocycles. The Morgan fingerprint density at radius 1 is 1.31 bits per heavy atom. The number of carbonyl (C=O) groups is 1. The van der Waals surface area contributed by atoms with Crippen LogP contribution in [0, 0.1) is 26.7 Å². The first-order valence-corrected chi connectivity index (χ1v) is 9.74. The second-order valence-corrected chi connectivity index (χ2v) is 7.84. The molecule has 1 fully saturated rings. The Balaban J connectivity index is 0.00000240. The van der Waals surface area contributed by atoms with E-state index in [9.17, 15) is 4.79 Å². The van der Waals surface area contributed by atoms with Crippen LogP contribution < -0.4 is 5.73 Å². The van der Waals surface area contributed by atoms with Crippen molar-refractivity contribution in [2.75, 3.05) is 13.1 Å². The molecule has 8 heteroatoms. The number of hydrogen-bond acceptors (Lipinski definition) is 6. The number of nitrogens with two attached hydrogens (primary N) is 1. The molecule has 3 aromatic heterocycles. The average molecular weight is 419 g/mol. The van der Waals surface area contributed by atoms with Crippen LogP contribution in [0.25, 0.3) is 22.4 Å². The molecule has 4 rings (SSSR count).